The Hall–Kier alpha value is -2.29. The summed E-state index contributed by atoms with van der Waals surface area (Å²) in [5, 5.41) is 3.07. The maximum absolute atomic E-state index is 12.3. The summed E-state index contributed by atoms with van der Waals surface area (Å²) in [4.78, 5) is 12.3. The van der Waals surface area contributed by atoms with Crippen molar-refractivity contribution in [3.63, 3.8) is 0 Å². The highest BCUT2D eigenvalue weighted by atomic mass is 16.5. The van der Waals surface area contributed by atoms with Crippen LogP contribution in [-0.2, 0) is 6.42 Å². The number of hydrogen-bond acceptors (Lipinski definition) is 2. The Balaban J connectivity index is 1.67. The third kappa shape index (κ3) is 3.14. The minimum Gasteiger partial charge on any atom is -0.497 e. The van der Waals surface area contributed by atoms with Gasteiger partial charge in [-0.05, 0) is 48.6 Å². The van der Waals surface area contributed by atoms with Crippen molar-refractivity contribution in [1.29, 1.82) is 0 Å². The largest absolute Gasteiger partial charge is 0.497 e. The van der Waals surface area contributed by atoms with E-state index >= 15 is 0 Å². The van der Waals surface area contributed by atoms with Gasteiger partial charge in [0.05, 0.1) is 7.11 Å². The van der Waals surface area contributed by atoms with Gasteiger partial charge in [-0.3, -0.25) is 4.79 Å². The van der Waals surface area contributed by atoms with Crippen molar-refractivity contribution in [2.45, 2.75) is 25.2 Å². The van der Waals surface area contributed by atoms with E-state index in [1.807, 2.05) is 18.2 Å². The van der Waals surface area contributed by atoms with Crippen LogP contribution in [0.4, 0.5) is 0 Å². The first kappa shape index (κ1) is 14.6. The Morgan fingerprint density at radius 2 is 2.09 bits per heavy atom. The number of amides is 1. The summed E-state index contributed by atoms with van der Waals surface area (Å²) in [6.45, 7) is 0.688. The summed E-state index contributed by atoms with van der Waals surface area (Å²) < 4.78 is 5.17. The fraction of sp³-hybridized carbons (Fsp3) is 0.316. The average molecular weight is 295 g/mol. The number of nitrogens with one attached hydrogen (secondary N) is 1. The lowest BCUT2D eigenvalue weighted by atomic mass is 9.83. The SMILES string of the molecule is COc1cccc(C(=O)NCC2CCCc3ccccc32)c1. The minimum absolute atomic E-state index is 0.0399. The van der Waals surface area contributed by atoms with Crippen LogP contribution in [0.5, 0.6) is 5.75 Å². The molecule has 1 atom stereocenters. The van der Waals surface area contributed by atoms with E-state index in [0.717, 1.165) is 12.8 Å². The molecule has 2 aromatic carbocycles. The van der Waals surface area contributed by atoms with Crippen LogP contribution in [0.2, 0.25) is 0 Å². The minimum atomic E-state index is -0.0399. The van der Waals surface area contributed by atoms with E-state index in [1.54, 1.807) is 13.2 Å². The maximum Gasteiger partial charge on any atom is 0.251 e. The van der Waals surface area contributed by atoms with Gasteiger partial charge in [-0.2, -0.15) is 0 Å². The highest BCUT2D eigenvalue weighted by molar-refractivity contribution is 5.94. The third-order valence-corrected chi connectivity index (χ3v) is 4.33. The van der Waals surface area contributed by atoms with Crippen molar-refractivity contribution >= 4 is 5.91 Å². The van der Waals surface area contributed by atoms with Crippen molar-refractivity contribution < 1.29 is 9.53 Å². The molecule has 1 amide bonds. The van der Waals surface area contributed by atoms with E-state index in [9.17, 15) is 4.79 Å². The Bertz CT molecular complexity index is 666. The second-order valence-electron chi connectivity index (χ2n) is 5.73. The van der Waals surface area contributed by atoms with E-state index in [0.29, 0.717) is 23.8 Å². The van der Waals surface area contributed by atoms with E-state index in [4.69, 9.17) is 4.74 Å². The van der Waals surface area contributed by atoms with Gasteiger partial charge in [-0.15, -0.1) is 0 Å². The van der Waals surface area contributed by atoms with Crippen LogP contribution in [0.1, 0.15) is 40.2 Å². The molecule has 3 heteroatoms. The molecule has 0 bridgehead atoms. The summed E-state index contributed by atoms with van der Waals surface area (Å²) in [6.07, 6.45) is 3.47. The van der Waals surface area contributed by atoms with Crippen molar-refractivity contribution in [2.24, 2.45) is 0 Å². The summed E-state index contributed by atoms with van der Waals surface area (Å²) in [7, 11) is 1.61. The smallest absolute Gasteiger partial charge is 0.251 e. The van der Waals surface area contributed by atoms with E-state index in [1.165, 1.54) is 17.5 Å². The molecule has 2 aromatic rings. The predicted octanol–water partition coefficient (Wildman–Crippen LogP) is 3.55. The molecule has 0 aliphatic heterocycles. The Labute approximate surface area is 131 Å². The number of ether oxygens (including phenoxy) is 1. The molecule has 22 heavy (non-hydrogen) atoms. The lowest BCUT2D eigenvalue weighted by Crippen LogP contribution is -2.29. The third-order valence-electron chi connectivity index (χ3n) is 4.33. The first-order valence-electron chi connectivity index (χ1n) is 7.78. The molecule has 114 valence electrons. The zero-order chi connectivity index (χ0) is 15.4. The number of hydrogen-bond donors (Lipinski definition) is 1. The van der Waals surface area contributed by atoms with Crippen LogP contribution < -0.4 is 10.1 Å². The van der Waals surface area contributed by atoms with Gasteiger partial charge in [0.2, 0.25) is 0 Å². The molecular formula is C19H21NO2. The highest BCUT2D eigenvalue weighted by Crippen LogP contribution is 2.30. The summed E-state index contributed by atoms with van der Waals surface area (Å²) in [6, 6.07) is 15.8. The van der Waals surface area contributed by atoms with Crippen LogP contribution >= 0.6 is 0 Å². The molecule has 0 saturated carbocycles. The lowest BCUT2D eigenvalue weighted by Gasteiger charge is -2.25. The molecular weight excluding hydrogens is 274 g/mol. The normalized spacial score (nSPS) is 16.7. The van der Waals surface area contributed by atoms with Crippen LogP contribution in [0, 0.1) is 0 Å². The quantitative estimate of drug-likeness (QED) is 0.937. The van der Waals surface area contributed by atoms with Crippen molar-refractivity contribution in [2.75, 3.05) is 13.7 Å². The number of methoxy groups -OCH3 is 1. The topological polar surface area (TPSA) is 38.3 Å². The van der Waals surface area contributed by atoms with Crippen molar-refractivity contribution in [1.82, 2.24) is 5.32 Å². The number of carbonyl (C=O) groups is 1. The average Bonchev–Trinajstić information content (AvgIpc) is 2.59. The second-order valence-corrected chi connectivity index (χ2v) is 5.73. The van der Waals surface area contributed by atoms with Gasteiger partial charge in [-0.1, -0.05) is 30.3 Å². The molecule has 0 fully saturated rings. The monoisotopic (exact) mass is 295 g/mol. The van der Waals surface area contributed by atoms with Crippen molar-refractivity contribution in [3.8, 4) is 5.75 Å². The molecule has 1 aliphatic rings. The molecule has 3 nitrogen and oxygen atoms in total. The van der Waals surface area contributed by atoms with Crippen LogP contribution in [0.3, 0.4) is 0 Å². The zero-order valence-electron chi connectivity index (χ0n) is 12.8. The molecule has 0 saturated heterocycles. The number of fused-ring (bicyclic) bond motifs is 1. The van der Waals surface area contributed by atoms with Crippen LogP contribution in [0.25, 0.3) is 0 Å². The maximum atomic E-state index is 12.3. The Kier molecular flexibility index (Phi) is 4.42. The van der Waals surface area contributed by atoms with Gasteiger partial charge in [-0.25, -0.2) is 0 Å². The molecule has 3 rings (SSSR count). The molecule has 0 heterocycles. The van der Waals surface area contributed by atoms with Gasteiger partial charge < -0.3 is 10.1 Å². The summed E-state index contributed by atoms with van der Waals surface area (Å²) in [5.41, 5.74) is 3.46. The second kappa shape index (κ2) is 6.65. The predicted molar refractivity (Wildman–Crippen MR) is 87.4 cm³/mol. The molecule has 0 aromatic heterocycles. The standard InChI is InChI=1S/C19H21NO2/c1-22-17-10-5-8-15(12-17)19(21)20-13-16-9-4-7-14-6-2-3-11-18(14)16/h2-3,5-6,8,10-12,16H,4,7,9,13H2,1H3,(H,20,21). The van der Waals surface area contributed by atoms with Gasteiger partial charge >= 0.3 is 0 Å². The number of benzene rings is 2. The number of carbonyl (C=O) groups excluding carboxylic acids is 1. The van der Waals surface area contributed by atoms with Gasteiger partial charge in [0, 0.05) is 18.0 Å². The molecule has 0 radical (unpaired) electrons. The molecule has 1 aliphatic carbocycles. The zero-order valence-corrected chi connectivity index (χ0v) is 12.8. The number of aryl methyl sites for hydroxylation is 1. The Morgan fingerprint density at radius 3 is 2.95 bits per heavy atom. The van der Waals surface area contributed by atoms with E-state index in [2.05, 4.69) is 29.6 Å². The first-order valence-corrected chi connectivity index (χ1v) is 7.78. The van der Waals surface area contributed by atoms with E-state index < -0.39 is 0 Å². The summed E-state index contributed by atoms with van der Waals surface area (Å²) >= 11 is 0. The molecule has 1 unspecified atom stereocenters. The first-order chi connectivity index (χ1) is 10.8. The highest BCUT2D eigenvalue weighted by Gasteiger charge is 2.20. The Morgan fingerprint density at radius 1 is 1.23 bits per heavy atom. The number of rotatable bonds is 4. The van der Waals surface area contributed by atoms with E-state index in [-0.39, 0.29) is 5.91 Å². The molecule has 0 spiro atoms. The van der Waals surface area contributed by atoms with Crippen LogP contribution in [0.15, 0.2) is 48.5 Å². The van der Waals surface area contributed by atoms with Gasteiger partial charge in [0.1, 0.15) is 5.75 Å². The lowest BCUT2D eigenvalue weighted by molar-refractivity contribution is 0.0950. The fourth-order valence-electron chi connectivity index (χ4n) is 3.15. The fourth-order valence-corrected chi connectivity index (χ4v) is 3.15. The van der Waals surface area contributed by atoms with Crippen molar-refractivity contribution in [3.05, 3.63) is 65.2 Å². The van der Waals surface area contributed by atoms with Crippen LogP contribution in [-0.4, -0.2) is 19.6 Å². The molecule has 1 N–H and O–H groups in total. The van der Waals surface area contributed by atoms with Gasteiger partial charge in [0.25, 0.3) is 5.91 Å². The van der Waals surface area contributed by atoms with Gasteiger partial charge in [0.15, 0.2) is 0 Å². The summed E-state index contributed by atoms with van der Waals surface area (Å²) in [5.74, 6) is 1.08.